The number of anilines is 1. The van der Waals surface area contributed by atoms with Crippen LogP contribution in [0.5, 0.6) is 5.75 Å². The van der Waals surface area contributed by atoms with Gasteiger partial charge in [0.05, 0.1) is 12.8 Å². The van der Waals surface area contributed by atoms with Gasteiger partial charge < -0.3 is 15.0 Å². The van der Waals surface area contributed by atoms with Gasteiger partial charge in [-0.3, -0.25) is 0 Å². The molecule has 1 rings (SSSR count). The number of ether oxygens (including phenoxy) is 1. The number of nitrogens with zero attached hydrogens (tertiary/aromatic N) is 1. The Morgan fingerprint density at radius 3 is 2.47 bits per heavy atom. The van der Waals surface area contributed by atoms with Gasteiger partial charge in [-0.05, 0) is 32.9 Å². The molecule has 0 unspecified atom stereocenters. The Balaban J connectivity index is 2.55. The first-order valence-electron chi connectivity index (χ1n) is 6.03. The Morgan fingerprint density at radius 2 is 1.88 bits per heavy atom. The third-order valence-electron chi connectivity index (χ3n) is 2.60. The highest BCUT2D eigenvalue weighted by Crippen LogP contribution is 2.26. The Bertz CT molecular complexity index is 344. The molecule has 1 aromatic rings. The van der Waals surface area contributed by atoms with Crippen LogP contribution in [0.2, 0.25) is 0 Å². The van der Waals surface area contributed by atoms with Crippen molar-refractivity contribution in [2.75, 3.05) is 32.1 Å². The molecule has 0 atom stereocenters. The lowest BCUT2D eigenvalue weighted by molar-refractivity contribution is 0.412. The second-order valence-electron chi connectivity index (χ2n) is 5.27. The molecular formula is C14H24N2O. The maximum Gasteiger partial charge on any atom is 0.142 e. The molecule has 0 saturated carbocycles. The zero-order valence-corrected chi connectivity index (χ0v) is 11.6. The normalized spacial score (nSPS) is 11.4. The summed E-state index contributed by atoms with van der Waals surface area (Å²) in [5, 5.41) is 3.48. The van der Waals surface area contributed by atoms with Crippen molar-refractivity contribution in [2.45, 2.75) is 26.3 Å². The Hall–Kier alpha value is -1.22. The molecule has 1 N–H and O–H groups in total. The quantitative estimate of drug-likeness (QED) is 0.850. The molecule has 0 aliphatic heterocycles. The third-order valence-corrected chi connectivity index (χ3v) is 2.60. The monoisotopic (exact) mass is 236 g/mol. The van der Waals surface area contributed by atoms with E-state index in [2.05, 4.69) is 44.1 Å². The van der Waals surface area contributed by atoms with Crippen LogP contribution in [-0.4, -0.2) is 32.8 Å². The highest BCUT2D eigenvalue weighted by atomic mass is 16.5. The Kier molecular flexibility index (Phi) is 4.82. The summed E-state index contributed by atoms with van der Waals surface area (Å²) in [6.45, 7) is 8.44. The summed E-state index contributed by atoms with van der Waals surface area (Å²) in [5.41, 5.74) is 1.30. The van der Waals surface area contributed by atoms with Crippen molar-refractivity contribution in [3.05, 3.63) is 24.3 Å². The lowest BCUT2D eigenvalue weighted by atomic mass is 10.1. The van der Waals surface area contributed by atoms with Crippen LogP contribution in [-0.2, 0) is 0 Å². The largest absolute Gasteiger partial charge is 0.495 e. The van der Waals surface area contributed by atoms with Crippen LogP contribution in [0, 0.1) is 0 Å². The number of likely N-dealkylation sites (N-methyl/N-ethyl adjacent to an activating group) is 1. The Labute approximate surface area is 105 Å². The highest BCUT2D eigenvalue weighted by Gasteiger charge is 2.10. The third kappa shape index (κ3) is 4.65. The van der Waals surface area contributed by atoms with Crippen molar-refractivity contribution >= 4 is 5.69 Å². The van der Waals surface area contributed by atoms with Crippen LogP contribution in [0.4, 0.5) is 5.69 Å². The predicted molar refractivity (Wildman–Crippen MR) is 74.0 cm³/mol. The molecule has 0 amide bonds. The van der Waals surface area contributed by atoms with Gasteiger partial charge in [0.1, 0.15) is 5.75 Å². The van der Waals surface area contributed by atoms with E-state index in [0.717, 1.165) is 24.5 Å². The zero-order valence-electron chi connectivity index (χ0n) is 11.6. The molecule has 0 fully saturated rings. The fraction of sp³-hybridized carbons (Fsp3) is 0.571. The molecular weight excluding hydrogens is 212 g/mol. The number of rotatable bonds is 5. The molecule has 17 heavy (non-hydrogen) atoms. The van der Waals surface area contributed by atoms with Crippen molar-refractivity contribution in [3.63, 3.8) is 0 Å². The molecule has 3 heteroatoms. The van der Waals surface area contributed by atoms with Gasteiger partial charge in [0, 0.05) is 25.7 Å². The molecule has 0 saturated heterocycles. The summed E-state index contributed by atoms with van der Waals surface area (Å²) in [6.07, 6.45) is 0. The number of para-hydroxylation sites is 2. The summed E-state index contributed by atoms with van der Waals surface area (Å²) in [5.74, 6) is 0.922. The van der Waals surface area contributed by atoms with E-state index in [4.69, 9.17) is 4.74 Å². The van der Waals surface area contributed by atoms with Gasteiger partial charge in [-0.1, -0.05) is 12.1 Å². The van der Waals surface area contributed by atoms with Gasteiger partial charge in [-0.2, -0.15) is 0 Å². The van der Waals surface area contributed by atoms with E-state index in [1.54, 1.807) is 7.11 Å². The van der Waals surface area contributed by atoms with Gasteiger partial charge in [0.15, 0.2) is 0 Å². The van der Waals surface area contributed by atoms with E-state index in [-0.39, 0.29) is 5.54 Å². The van der Waals surface area contributed by atoms with Crippen molar-refractivity contribution in [1.82, 2.24) is 5.32 Å². The molecule has 1 aromatic carbocycles. The standard InChI is InChI=1S/C14H24N2O/c1-14(2,3)15-10-11-16(4)12-8-6-7-9-13(12)17-5/h6-9,15H,10-11H2,1-5H3. The second kappa shape index (κ2) is 5.92. The minimum absolute atomic E-state index is 0.168. The van der Waals surface area contributed by atoms with E-state index in [1.165, 1.54) is 0 Å². The number of hydrogen-bond acceptors (Lipinski definition) is 3. The minimum Gasteiger partial charge on any atom is -0.495 e. The van der Waals surface area contributed by atoms with Crippen molar-refractivity contribution in [3.8, 4) is 5.75 Å². The highest BCUT2D eigenvalue weighted by molar-refractivity contribution is 5.57. The van der Waals surface area contributed by atoms with E-state index in [0.29, 0.717) is 0 Å². The van der Waals surface area contributed by atoms with Gasteiger partial charge in [-0.15, -0.1) is 0 Å². The van der Waals surface area contributed by atoms with Crippen LogP contribution in [0.1, 0.15) is 20.8 Å². The first kappa shape index (κ1) is 13.8. The maximum absolute atomic E-state index is 5.35. The van der Waals surface area contributed by atoms with Gasteiger partial charge >= 0.3 is 0 Å². The Morgan fingerprint density at radius 1 is 1.24 bits per heavy atom. The number of benzene rings is 1. The molecule has 96 valence electrons. The summed E-state index contributed by atoms with van der Waals surface area (Å²) in [6, 6.07) is 8.09. The van der Waals surface area contributed by atoms with Crippen LogP contribution in [0.25, 0.3) is 0 Å². The smallest absolute Gasteiger partial charge is 0.142 e. The first-order chi connectivity index (χ1) is 7.94. The van der Waals surface area contributed by atoms with E-state index in [9.17, 15) is 0 Å². The van der Waals surface area contributed by atoms with Crippen LogP contribution in [0.15, 0.2) is 24.3 Å². The molecule has 0 spiro atoms. The number of methoxy groups -OCH3 is 1. The lowest BCUT2D eigenvalue weighted by Crippen LogP contribution is -2.40. The molecule has 0 aliphatic rings. The number of nitrogens with one attached hydrogen (secondary N) is 1. The fourth-order valence-electron chi connectivity index (χ4n) is 1.66. The SMILES string of the molecule is COc1ccccc1N(C)CCNC(C)(C)C. The van der Waals surface area contributed by atoms with Crippen LogP contribution < -0.4 is 15.0 Å². The summed E-state index contributed by atoms with van der Waals surface area (Å²) < 4.78 is 5.35. The molecule has 0 heterocycles. The zero-order chi connectivity index (χ0) is 12.9. The lowest BCUT2D eigenvalue weighted by Gasteiger charge is -2.25. The average Bonchev–Trinajstić information content (AvgIpc) is 2.27. The van der Waals surface area contributed by atoms with E-state index >= 15 is 0 Å². The summed E-state index contributed by atoms with van der Waals surface area (Å²) in [7, 11) is 3.79. The first-order valence-corrected chi connectivity index (χ1v) is 6.03. The van der Waals surface area contributed by atoms with Crippen LogP contribution >= 0.6 is 0 Å². The molecule has 0 aliphatic carbocycles. The van der Waals surface area contributed by atoms with Gasteiger partial charge in [0.25, 0.3) is 0 Å². The van der Waals surface area contributed by atoms with Crippen molar-refractivity contribution < 1.29 is 4.74 Å². The minimum atomic E-state index is 0.168. The molecule has 3 nitrogen and oxygen atoms in total. The summed E-state index contributed by atoms with van der Waals surface area (Å²) in [4.78, 5) is 2.21. The average molecular weight is 236 g/mol. The molecule has 0 radical (unpaired) electrons. The van der Waals surface area contributed by atoms with Crippen molar-refractivity contribution in [2.24, 2.45) is 0 Å². The fourth-order valence-corrected chi connectivity index (χ4v) is 1.66. The van der Waals surface area contributed by atoms with Crippen molar-refractivity contribution in [1.29, 1.82) is 0 Å². The van der Waals surface area contributed by atoms with E-state index in [1.807, 2.05) is 18.2 Å². The molecule has 0 aromatic heterocycles. The topological polar surface area (TPSA) is 24.5 Å². The van der Waals surface area contributed by atoms with E-state index < -0.39 is 0 Å². The van der Waals surface area contributed by atoms with Crippen LogP contribution in [0.3, 0.4) is 0 Å². The maximum atomic E-state index is 5.35. The predicted octanol–water partition coefficient (Wildman–Crippen LogP) is 2.52. The summed E-state index contributed by atoms with van der Waals surface area (Å²) >= 11 is 0. The number of hydrogen-bond donors (Lipinski definition) is 1. The second-order valence-corrected chi connectivity index (χ2v) is 5.27. The molecule has 0 bridgehead atoms. The van der Waals surface area contributed by atoms with Gasteiger partial charge in [0.2, 0.25) is 0 Å². The van der Waals surface area contributed by atoms with Gasteiger partial charge in [-0.25, -0.2) is 0 Å².